The smallest absolute Gasteiger partial charge is 0.271 e. The Kier molecular flexibility index (Phi) is 5.26. The summed E-state index contributed by atoms with van der Waals surface area (Å²) in [6.07, 6.45) is 0. The number of aromatic nitrogens is 2. The molecule has 0 aliphatic heterocycles. The van der Waals surface area contributed by atoms with Crippen LogP contribution in [0.5, 0.6) is 0 Å². The zero-order valence-electron chi connectivity index (χ0n) is 12.3. The van der Waals surface area contributed by atoms with Crippen LogP contribution in [0.3, 0.4) is 0 Å². The molecule has 21 heavy (non-hydrogen) atoms. The lowest BCUT2D eigenvalue weighted by atomic mass is 10.2. The van der Waals surface area contributed by atoms with E-state index in [-0.39, 0.29) is 5.91 Å². The van der Waals surface area contributed by atoms with Gasteiger partial charge in [-0.2, -0.15) is 0 Å². The van der Waals surface area contributed by atoms with E-state index in [1.807, 2.05) is 44.2 Å². The maximum Gasteiger partial charge on any atom is 0.271 e. The monoisotopic (exact) mass is 284 g/mol. The highest BCUT2D eigenvalue weighted by Crippen LogP contribution is 2.06. The van der Waals surface area contributed by atoms with E-state index in [0.29, 0.717) is 30.5 Å². The number of anilines is 1. The van der Waals surface area contributed by atoms with Crippen molar-refractivity contribution in [1.82, 2.24) is 15.5 Å². The third-order valence-corrected chi connectivity index (χ3v) is 2.88. The fourth-order valence-electron chi connectivity index (χ4n) is 1.72. The number of carbonyl (C=O) groups excluding carboxylic acids is 1. The van der Waals surface area contributed by atoms with Gasteiger partial charge in [0, 0.05) is 13.1 Å². The molecular formula is C16H20N4O. The number of rotatable bonds is 6. The largest absolute Gasteiger partial charge is 0.365 e. The van der Waals surface area contributed by atoms with E-state index in [1.54, 1.807) is 12.1 Å². The predicted octanol–water partition coefficient (Wildman–Crippen LogP) is 2.47. The quantitative estimate of drug-likeness (QED) is 0.855. The maximum absolute atomic E-state index is 11.8. The lowest BCUT2D eigenvalue weighted by Gasteiger charge is -2.08. The third kappa shape index (κ3) is 4.87. The molecule has 0 bridgehead atoms. The predicted molar refractivity (Wildman–Crippen MR) is 83.0 cm³/mol. The van der Waals surface area contributed by atoms with Gasteiger partial charge in [0.25, 0.3) is 5.91 Å². The maximum atomic E-state index is 11.8. The molecule has 1 heterocycles. The van der Waals surface area contributed by atoms with Crippen molar-refractivity contribution in [1.29, 1.82) is 0 Å². The van der Waals surface area contributed by atoms with Crippen molar-refractivity contribution >= 4 is 11.7 Å². The highest BCUT2D eigenvalue weighted by atomic mass is 16.1. The standard InChI is InChI=1S/C16H20N4O/c1-12(2)10-18-16(21)14-8-9-15(20-19-14)17-11-13-6-4-3-5-7-13/h3-9,12H,10-11H2,1-2H3,(H,17,20)(H,18,21). The molecule has 2 N–H and O–H groups in total. The van der Waals surface area contributed by atoms with E-state index in [0.717, 1.165) is 5.56 Å². The van der Waals surface area contributed by atoms with Crippen molar-refractivity contribution in [3.8, 4) is 0 Å². The summed E-state index contributed by atoms with van der Waals surface area (Å²) in [6, 6.07) is 13.5. The first kappa shape index (κ1) is 15.0. The molecule has 110 valence electrons. The number of nitrogens with one attached hydrogen (secondary N) is 2. The van der Waals surface area contributed by atoms with Crippen LogP contribution < -0.4 is 10.6 Å². The molecule has 0 radical (unpaired) electrons. The van der Waals surface area contributed by atoms with Gasteiger partial charge < -0.3 is 10.6 Å². The Hall–Kier alpha value is -2.43. The minimum atomic E-state index is -0.189. The Morgan fingerprint density at radius 1 is 1.10 bits per heavy atom. The van der Waals surface area contributed by atoms with Crippen molar-refractivity contribution in [2.24, 2.45) is 5.92 Å². The molecule has 0 saturated carbocycles. The van der Waals surface area contributed by atoms with Crippen molar-refractivity contribution < 1.29 is 4.79 Å². The second kappa shape index (κ2) is 7.38. The second-order valence-electron chi connectivity index (χ2n) is 5.25. The van der Waals surface area contributed by atoms with E-state index in [9.17, 15) is 4.79 Å². The Bertz CT molecular complexity index is 567. The van der Waals surface area contributed by atoms with Crippen molar-refractivity contribution in [3.05, 3.63) is 53.7 Å². The molecule has 0 aliphatic rings. The average molecular weight is 284 g/mol. The third-order valence-electron chi connectivity index (χ3n) is 2.88. The van der Waals surface area contributed by atoms with Crippen molar-refractivity contribution in [3.63, 3.8) is 0 Å². The normalized spacial score (nSPS) is 10.4. The number of benzene rings is 1. The number of amides is 1. The van der Waals surface area contributed by atoms with Gasteiger partial charge in [-0.15, -0.1) is 10.2 Å². The molecule has 1 aromatic heterocycles. The molecule has 0 spiro atoms. The Morgan fingerprint density at radius 3 is 2.48 bits per heavy atom. The summed E-state index contributed by atoms with van der Waals surface area (Å²) in [5, 5.41) is 14.0. The van der Waals surface area contributed by atoms with Crippen molar-refractivity contribution in [2.45, 2.75) is 20.4 Å². The van der Waals surface area contributed by atoms with E-state index in [1.165, 1.54) is 0 Å². The minimum absolute atomic E-state index is 0.189. The zero-order chi connectivity index (χ0) is 15.1. The molecule has 0 fully saturated rings. The van der Waals surface area contributed by atoms with Gasteiger partial charge in [-0.1, -0.05) is 44.2 Å². The second-order valence-corrected chi connectivity index (χ2v) is 5.25. The molecule has 5 heteroatoms. The molecule has 1 aromatic carbocycles. The number of hydrogen-bond acceptors (Lipinski definition) is 4. The first-order valence-electron chi connectivity index (χ1n) is 7.05. The van der Waals surface area contributed by atoms with Gasteiger partial charge in [-0.25, -0.2) is 0 Å². The molecule has 5 nitrogen and oxygen atoms in total. The first-order chi connectivity index (χ1) is 10.1. The minimum Gasteiger partial charge on any atom is -0.365 e. The van der Waals surface area contributed by atoms with Gasteiger partial charge in [0.2, 0.25) is 0 Å². The van der Waals surface area contributed by atoms with Crippen LogP contribution in [0.2, 0.25) is 0 Å². The van der Waals surface area contributed by atoms with Crippen LogP contribution in [0.15, 0.2) is 42.5 Å². The van der Waals surface area contributed by atoms with Crippen LogP contribution in [0.25, 0.3) is 0 Å². The van der Waals surface area contributed by atoms with Crippen LogP contribution in [0, 0.1) is 5.92 Å². The molecule has 0 atom stereocenters. The fraction of sp³-hybridized carbons (Fsp3) is 0.312. The van der Waals surface area contributed by atoms with E-state index < -0.39 is 0 Å². The summed E-state index contributed by atoms with van der Waals surface area (Å²) in [5.41, 5.74) is 1.50. The zero-order valence-corrected chi connectivity index (χ0v) is 12.3. The van der Waals surface area contributed by atoms with Crippen LogP contribution in [-0.2, 0) is 6.54 Å². The topological polar surface area (TPSA) is 66.9 Å². The lowest BCUT2D eigenvalue weighted by Crippen LogP contribution is -2.28. The first-order valence-corrected chi connectivity index (χ1v) is 7.05. The van der Waals surface area contributed by atoms with Gasteiger partial charge in [0.05, 0.1) is 0 Å². The molecule has 2 aromatic rings. The van der Waals surface area contributed by atoms with E-state index in [2.05, 4.69) is 20.8 Å². The summed E-state index contributed by atoms with van der Waals surface area (Å²) in [7, 11) is 0. The number of carbonyl (C=O) groups is 1. The molecule has 0 unspecified atom stereocenters. The lowest BCUT2D eigenvalue weighted by molar-refractivity contribution is 0.0943. The van der Waals surface area contributed by atoms with Crippen LogP contribution >= 0.6 is 0 Å². The van der Waals surface area contributed by atoms with Crippen LogP contribution in [-0.4, -0.2) is 22.6 Å². The van der Waals surface area contributed by atoms with Gasteiger partial charge in [0.1, 0.15) is 5.82 Å². The van der Waals surface area contributed by atoms with Gasteiger partial charge in [0.15, 0.2) is 5.69 Å². The van der Waals surface area contributed by atoms with Gasteiger partial charge in [-0.05, 0) is 23.6 Å². The summed E-state index contributed by atoms with van der Waals surface area (Å²) >= 11 is 0. The summed E-state index contributed by atoms with van der Waals surface area (Å²) < 4.78 is 0. The molecule has 0 saturated heterocycles. The van der Waals surface area contributed by atoms with Crippen LogP contribution in [0.1, 0.15) is 29.9 Å². The van der Waals surface area contributed by atoms with E-state index >= 15 is 0 Å². The Morgan fingerprint density at radius 2 is 1.86 bits per heavy atom. The number of nitrogens with zero attached hydrogens (tertiary/aromatic N) is 2. The number of hydrogen-bond donors (Lipinski definition) is 2. The SMILES string of the molecule is CC(C)CNC(=O)c1ccc(NCc2ccccc2)nn1. The summed E-state index contributed by atoms with van der Waals surface area (Å²) in [5.74, 6) is 0.874. The fourth-order valence-corrected chi connectivity index (χ4v) is 1.72. The summed E-state index contributed by atoms with van der Waals surface area (Å²) in [6.45, 7) is 5.40. The molecule has 2 rings (SSSR count). The van der Waals surface area contributed by atoms with Gasteiger partial charge >= 0.3 is 0 Å². The Labute approximate surface area is 124 Å². The average Bonchev–Trinajstić information content (AvgIpc) is 2.52. The van der Waals surface area contributed by atoms with Crippen molar-refractivity contribution in [2.75, 3.05) is 11.9 Å². The highest BCUT2D eigenvalue weighted by molar-refractivity contribution is 5.92. The Balaban J connectivity index is 1.88. The highest BCUT2D eigenvalue weighted by Gasteiger charge is 2.08. The van der Waals surface area contributed by atoms with Crippen LogP contribution in [0.4, 0.5) is 5.82 Å². The summed E-state index contributed by atoms with van der Waals surface area (Å²) in [4.78, 5) is 11.8. The molecule has 0 aliphatic carbocycles. The van der Waals surface area contributed by atoms with Gasteiger partial charge in [-0.3, -0.25) is 4.79 Å². The molecular weight excluding hydrogens is 264 g/mol. The molecule has 1 amide bonds. The van der Waals surface area contributed by atoms with E-state index in [4.69, 9.17) is 0 Å².